The van der Waals surface area contributed by atoms with Crippen LogP contribution in [0, 0.1) is 5.41 Å². The number of aliphatic carboxylic acids is 1. The van der Waals surface area contributed by atoms with Crippen molar-refractivity contribution < 1.29 is 9.90 Å². The van der Waals surface area contributed by atoms with E-state index in [0.717, 1.165) is 6.42 Å². The van der Waals surface area contributed by atoms with Crippen molar-refractivity contribution in [3.05, 3.63) is 0 Å². The van der Waals surface area contributed by atoms with Crippen LogP contribution in [0.1, 0.15) is 26.7 Å². The molecule has 0 aromatic rings. The largest absolute Gasteiger partial charge is 0.481 e. The number of amidine groups is 1. The Bertz CT molecular complexity index is 108. The highest BCUT2D eigenvalue weighted by atomic mass is 16.4. The quantitative estimate of drug-likeness (QED) is 0.398. The summed E-state index contributed by atoms with van der Waals surface area (Å²) >= 11 is 0. The average molecular weight is 146 g/mol. The van der Waals surface area contributed by atoms with Gasteiger partial charge in [-0.05, 0) is 13.3 Å². The molecule has 0 rings (SSSR count). The van der Waals surface area contributed by atoms with Crippen molar-refractivity contribution in [2.45, 2.75) is 26.7 Å². The second-order valence-corrected chi connectivity index (χ2v) is 1.83. The van der Waals surface area contributed by atoms with Crippen LogP contribution in [0.2, 0.25) is 0 Å². The first kappa shape index (κ1) is 11.7. The normalized spacial score (nSPS) is 7.40. The fourth-order valence-corrected chi connectivity index (χ4v) is 0.214. The van der Waals surface area contributed by atoms with Crippen LogP contribution < -0.4 is 5.73 Å². The second kappa shape index (κ2) is 7.94. The second-order valence-electron chi connectivity index (χ2n) is 1.83. The van der Waals surface area contributed by atoms with Gasteiger partial charge in [-0.1, -0.05) is 6.92 Å². The number of rotatable bonds is 2. The van der Waals surface area contributed by atoms with Crippen LogP contribution in [0.25, 0.3) is 0 Å². The summed E-state index contributed by atoms with van der Waals surface area (Å²) < 4.78 is 0. The van der Waals surface area contributed by atoms with Crippen molar-refractivity contribution in [2.75, 3.05) is 0 Å². The third-order valence-electron chi connectivity index (χ3n) is 0.464. The molecule has 4 nitrogen and oxygen atoms in total. The lowest BCUT2D eigenvalue weighted by Gasteiger charge is -1.79. The van der Waals surface area contributed by atoms with Gasteiger partial charge in [-0.3, -0.25) is 10.2 Å². The number of hydrogen-bond donors (Lipinski definition) is 3. The molecule has 0 amide bonds. The molecular weight excluding hydrogens is 132 g/mol. The predicted octanol–water partition coefficient (Wildman–Crippen LogP) is 0.813. The molecule has 0 aliphatic carbocycles. The summed E-state index contributed by atoms with van der Waals surface area (Å²) in [7, 11) is 0. The topological polar surface area (TPSA) is 87.2 Å². The van der Waals surface area contributed by atoms with E-state index in [4.69, 9.17) is 16.2 Å². The van der Waals surface area contributed by atoms with E-state index < -0.39 is 5.97 Å². The number of nitrogens with one attached hydrogen (secondary N) is 1. The van der Waals surface area contributed by atoms with Gasteiger partial charge in [0, 0.05) is 6.42 Å². The average Bonchev–Trinajstić information content (AvgIpc) is 1.62. The molecule has 0 aliphatic rings. The number of nitrogens with two attached hydrogens (primary N) is 1. The third kappa shape index (κ3) is 65.1. The first-order valence-electron chi connectivity index (χ1n) is 3.03. The van der Waals surface area contributed by atoms with Gasteiger partial charge in [-0.15, -0.1) is 0 Å². The zero-order chi connectivity index (χ0) is 8.57. The Morgan fingerprint density at radius 1 is 1.70 bits per heavy atom. The smallest absolute Gasteiger partial charge is 0.303 e. The van der Waals surface area contributed by atoms with Crippen molar-refractivity contribution >= 4 is 11.8 Å². The lowest BCUT2D eigenvalue weighted by Crippen LogP contribution is -2.00. The first-order chi connectivity index (χ1) is 4.50. The van der Waals surface area contributed by atoms with E-state index in [-0.39, 0.29) is 5.84 Å². The van der Waals surface area contributed by atoms with Gasteiger partial charge >= 0.3 is 5.97 Å². The maximum absolute atomic E-state index is 9.60. The standard InChI is InChI=1S/C4H8O2.C2H6N2/c1-2-3-4(5)6;1-2(3)4/h2-3H2,1H3,(H,5,6);1H3,(H3,3,4). The molecule has 10 heavy (non-hydrogen) atoms. The number of carboxylic acids is 1. The van der Waals surface area contributed by atoms with Gasteiger partial charge in [0.25, 0.3) is 0 Å². The Balaban J connectivity index is 0. The van der Waals surface area contributed by atoms with Crippen molar-refractivity contribution in [3.63, 3.8) is 0 Å². The van der Waals surface area contributed by atoms with E-state index in [9.17, 15) is 4.79 Å². The molecule has 0 unspecified atom stereocenters. The Morgan fingerprint density at radius 3 is 2.00 bits per heavy atom. The molecular formula is C6H14N2O2. The zero-order valence-corrected chi connectivity index (χ0v) is 6.35. The molecule has 0 saturated heterocycles. The van der Waals surface area contributed by atoms with E-state index in [2.05, 4.69) is 0 Å². The van der Waals surface area contributed by atoms with Gasteiger partial charge in [-0.2, -0.15) is 0 Å². The summed E-state index contributed by atoms with van der Waals surface area (Å²) in [4.78, 5) is 9.60. The lowest BCUT2D eigenvalue weighted by molar-refractivity contribution is -0.137. The van der Waals surface area contributed by atoms with Gasteiger partial charge in [0.15, 0.2) is 0 Å². The van der Waals surface area contributed by atoms with E-state index in [0.29, 0.717) is 6.42 Å². The third-order valence-corrected chi connectivity index (χ3v) is 0.464. The molecule has 0 saturated carbocycles. The van der Waals surface area contributed by atoms with Crippen LogP contribution in [-0.2, 0) is 4.79 Å². The minimum Gasteiger partial charge on any atom is -0.481 e. The molecule has 0 aliphatic heterocycles. The lowest BCUT2D eigenvalue weighted by atomic mass is 10.4. The Kier molecular flexibility index (Phi) is 9.29. The van der Waals surface area contributed by atoms with Crippen molar-refractivity contribution in [2.24, 2.45) is 5.73 Å². The fraction of sp³-hybridized carbons (Fsp3) is 0.667. The molecule has 4 N–H and O–H groups in total. The van der Waals surface area contributed by atoms with E-state index in [1.165, 1.54) is 6.92 Å². The number of carbonyl (C=O) groups is 1. The van der Waals surface area contributed by atoms with Crippen molar-refractivity contribution in [1.82, 2.24) is 0 Å². The van der Waals surface area contributed by atoms with Crippen LogP contribution in [0.15, 0.2) is 0 Å². The monoisotopic (exact) mass is 146 g/mol. The van der Waals surface area contributed by atoms with Gasteiger partial charge < -0.3 is 10.8 Å². The maximum Gasteiger partial charge on any atom is 0.303 e. The summed E-state index contributed by atoms with van der Waals surface area (Å²) in [6.07, 6.45) is 1.02. The SMILES string of the molecule is CC(=N)N.CCCC(=O)O. The summed E-state index contributed by atoms with van der Waals surface area (Å²) in [5.41, 5.74) is 4.69. The highest BCUT2D eigenvalue weighted by molar-refractivity contribution is 5.73. The Labute approximate surface area is 60.6 Å². The van der Waals surface area contributed by atoms with Gasteiger partial charge in [0.05, 0.1) is 5.84 Å². The molecule has 4 heteroatoms. The van der Waals surface area contributed by atoms with Crippen LogP contribution in [-0.4, -0.2) is 16.9 Å². The Morgan fingerprint density at radius 2 is 2.00 bits per heavy atom. The van der Waals surface area contributed by atoms with Crippen LogP contribution in [0.3, 0.4) is 0 Å². The van der Waals surface area contributed by atoms with Gasteiger partial charge in [0.1, 0.15) is 0 Å². The molecule has 0 bridgehead atoms. The number of hydrogen-bond acceptors (Lipinski definition) is 2. The van der Waals surface area contributed by atoms with E-state index in [1.807, 2.05) is 6.92 Å². The van der Waals surface area contributed by atoms with Crippen LogP contribution in [0.4, 0.5) is 0 Å². The Hall–Kier alpha value is -1.06. The molecule has 0 fully saturated rings. The minimum atomic E-state index is -0.711. The molecule has 60 valence electrons. The zero-order valence-electron chi connectivity index (χ0n) is 6.35. The minimum absolute atomic E-state index is 0.167. The summed E-state index contributed by atoms with van der Waals surface area (Å²) in [5, 5.41) is 14.2. The molecule has 0 radical (unpaired) electrons. The number of carboxylic acid groups (broad SMARTS) is 1. The molecule has 0 aromatic heterocycles. The van der Waals surface area contributed by atoms with E-state index >= 15 is 0 Å². The van der Waals surface area contributed by atoms with Crippen molar-refractivity contribution in [1.29, 1.82) is 5.41 Å². The van der Waals surface area contributed by atoms with E-state index in [1.54, 1.807) is 0 Å². The van der Waals surface area contributed by atoms with Crippen LogP contribution >= 0.6 is 0 Å². The highest BCUT2D eigenvalue weighted by Gasteiger charge is 1.87. The summed E-state index contributed by atoms with van der Waals surface area (Å²) in [6.45, 7) is 3.37. The van der Waals surface area contributed by atoms with Crippen LogP contribution in [0.5, 0.6) is 0 Å². The molecule has 0 spiro atoms. The fourth-order valence-electron chi connectivity index (χ4n) is 0.214. The predicted molar refractivity (Wildman–Crippen MR) is 40.1 cm³/mol. The maximum atomic E-state index is 9.60. The molecule has 0 aromatic carbocycles. The summed E-state index contributed by atoms with van der Waals surface area (Å²) in [5.74, 6) is -0.544. The molecule has 0 heterocycles. The summed E-state index contributed by atoms with van der Waals surface area (Å²) in [6, 6.07) is 0. The first-order valence-corrected chi connectivity index (χ1v) is 3.03. The van der Waals surface area contributed by atoms with Crippen molar-refractivity contribution in [3.8, 4) is 0 Å². The highest BCUT2D eigenvalue weighted by Crippen LogP contribution is 1.82. The molecule has 0 atom stereocenters. The van der Waals surface area contributed by atoms with Gasteiger partial charge in [0.2, 0.25) is 0 Å². The van der Waals surface area contributed by atoms with Gasteiger partial charge in [-0.25, -0.2) is 0 Å².